The Morgan fingerprint density at radius 2 is 2.06 bits per heavy atom. The van der Waals surface area contributed by atoms with Crippen LogP contribution in [0.4, 0.5) is 22.0 Å². The summed E-state index contributed by atoms with van der Waals surface area (Å²) in [6.07, 6.45) is 0.887. The fourth-order valence-electron chi connectivity index (χ4n) is 1.02. The molecule has 0 aliphatic heterocycles. The van der Waals surface area contributed by atoms with Crippen molar-refractivity contribution in [1.82, 2.24) is 10.3 Å². The molecule has 0 aliphatic carbocycles. The van der Waals surface area contributed by atoms with E-state index in [1.165, 1.54) is 0 Å². The maximum Gasteiger partial charge on any atom is 0.441 e. The molecule has 0 radical (unpaired) electrons. The molecular formula is C9H7F5N2OS. The van der Waals surface area contributed by atoms with Crippen LogP contribution in [0.25, 0.3) is 0 Å². The van der Waals surface area contributed by atoms with E-state index >= 15 is 0 Å². The number of rotatable bonds is 4. The third kappa shape index (κ3) is 4.47. The van der Waals surface area contributed by atoms with Crippen LogP contribution in [0.5, 0.6) is 0 Å². The van der Waals surface area contributed by atoms with Gasteiger partial charge < -0.3 is 5.32 Å². The molecule has 1 aromatic heterocycles. The van der Waals surface area contributed by atoms with Gasteiger partial charge in [-0.1, -0.05) is 0 Å². The Kier molecular flexibility index (Phi) is 4.88. The van der Waals surface area contributed by atoms with Gasteiger partial charge in [-0.25, -0.2) is 9.37 Å². The number of thioether (sulfide) groups is 1. The number of hydrogen-bond donors (Lipinski definition) is 1. The van der Waals surface area contributed by atoms with Gasteiger partial charge in [0.05, 0.1) is 5.56 Å². The highest BCUT2D eigenvalue weighted by molar-refractivity contribution is 8.00. The third-order valence-electron chi connectivity index (χ3n) is 1.74. The van der Waals surface area contributed by atoms with Crippen molar-refractivity contribution >= 4 is 17.7 Å². The molecular weight excluding hydrogens is 279 g/mol. The SMILES string of the molecule is O=C(NCCSC(F)(F)F)c1ccnc(F)c1F. The molecule has 3 nitrogen and oxygen atoms in total. The van der Waals surface area contributed by atoms with Gasteiger partial charge in [-0.3, -0.25) is 4.79 Å². The smallest absolute Gasteiger partial charge is 0.351 e. The molecule has 0 fully saturated rings. The first-order chi connectivity index (χ1) is 8.31. The second-order valence-electron chi connectivity index (χ2n) is 3.01. The van der Waals surface area contributed by atoms with Crippen molar-refractivity contribution in [3.05, 3.63) is 29.6 Å². The summed E-state index contributed by atoms with van der Waals surface area (Å²) < 4.78 is 61.0. The number of nitrogens with zero attached hydrogens (tertiary/aromatic N) is 1. The number of pyridine rings is 1. The quantitative estimate of drug-likeness (QED) is 0.525. The van der Waals surface area contributed by atoms with Crippen molar-refractivity contribution < 1.29 is 26.7 Å². The molecule has 0 spiro atoms. The van der Waals surface area contributed by atoms with Crippen molar-refractivity contribution in [1.29, 1.82) is 0 Å². The molecule has 1 aromatic rings. The normalized spacial score (nSPS) is 11.4. The van der Waals surface area contributed by atoms with Gasteiger partial charge in [0.1, 0.15) is 0 Å². The summed E-state index contributed by atoms with van der Waals surface area (Å²) in [4.78, 5) is 14.3. The lowest BCUT2D eigenvalue weighted by Crippen LogP contribution is -2.27. The predicted octanol–water partition coefficient (Wildman–Crippen LogP) is 2.34. The summed E-state index contributed by atoms with van der Waals surface area (Å²) in [5, 5.41) is 2.05. The molecule has 100 valence electrons. The average molecular weight is 286 g/mol. The largest absolute Gasteiger partial charge is 0.441 e. The molecule has 1 amide bonds. The minimum Gasteiger partial charge on any atom is -0.351 e. The molecule has 0 atom stereocenters. The Labute approximate surface area is 103 Å². The molecule has 0 aromatic carbocycles. The van der Waals surface area contributed by atoms with Gasteiger partial charge in [-0.15, -0.1) is 0 Å². The van der Waals surface area contributed by atoms with E-state index < -0.39 is 34.5 Å². The van der Waals surface area contributed by atoms with Crippen LogP contribution in [0.2, 0.25) is 0 Å². The van der Waals surface area contributed by atoms with Gasteiger partial charge in [0.2, 0.25) is 5.95 Å². The van der Waals surface area contributed by atoms with Gasteiger partial charge in [0.25, 0.3) is 5.91 Å². The fraction of sp³-hybridized carbons (Fsp3) is 0.333. The van der Waals surface area contributed by atoms with Crippen molar-refractivity contribution in [3.63, 3.8) is 0 Å². The van der Waals surface area contributed by atoms with Gasteiger partial charge in [-0.05, 0) is 17.8 Å². The second kappa shape index (κ2) is 5.98. The number of alkyl halides is 3. The molecule has 0 aliphatic rings. The minimum absolute atomic E-state index is 0.313. The van der Waals surface area contributed by atoms with Gasteiger partial charge >= 0.3 is 5.51 Å². The summed E-state index contributed by atoms with van der Waals surface area (Å²) in [7, 11) is 0. The van der Waals surface area contributed by atoms with Crippen LogP contribution < -0.4 is 5.32 Å². The Morgan fingerprint density at radius 3 is 2.67 bits per heavy atom. The Balaban J connectivity index is 2.49. The van der Waals surface area contributed by atoms with E-state index in [0.717, 1.165) is 12.3 Å². The summed E-state index contributed by atoms with van der Waals surface area (Å²) in [5.74, 6) is -4.27. The summed E-state index contributed by atoms with van der Waals surface area (Å²) in [5.41, 5.74) is -4.99. The van der Waals surface area contributed by atoms with Crippen molar-refractivity contribution in [2.24, 2.45) is 0 Å². The molecule has 1 rings (SSSR count). The number of carbonyl (C=O) groups excluding carboxylic acids is 1. The minimum atomic E-state index is -4.39. The highest BCUT2D eigenvalue weighted by atomic mass is 32.2. The maximum absolute atomic E-state index is 13.1. The van der Waals surface area contributed by atoms with Crippen molar-refractivity contribution in [3.8, 4) is 0 Å². The Hall–Kier alpha value is -1.38. The molecule has 0 saturated heterocycles. The zero-order valence-corrected chi connectivity index (χ0v) is 9.54. The zero-order valence-electron chi connectivity index (χ0n) is 8.72. The van der Waals surface area contributed by atoms with E-state index in [0.29, 0.717) is 0 Å². The number of halogens is 5. The van der Waals surface area contributed by atoms with E-state index in [-0.39, 0.29) is 18.3 Å². The van der Waals surface area contributed by atoms with Crippen LogP contribution in [0, 0.1) is 11.8 Å². The van der Waals surface area contributed by atoms with Crippen LogP contribution in [0.3, 0.4) is 0 Å². The lowest BCUT2D eigenvalue weighted by atomic mass is 10.2. The molecule has 0 bridgehead atoms. The lowest BCUT2D eigenvalue weighted by molar-refractivity contribution is -0.0327. The molecule has 9 heteroatoms. The van der Waals surface area contributed by atoms with E-state index in [4.69, 9.17) is 0 Å². The maximum atomic E-state index is 13.1. The first-order valence-electron chi connectivity index (χ1n) is 4.60. The van der Waals surface area contributed by atoms with Gasteiger partial charge in [0.15, 0.2) is 5.82 Å². The topological polar surface area (TPSA) is 42.0 Å². The number of amides is 1. The first kappa shape index (κ1) is 14.7. The first-order valence-corrected chi connectivity index (χ1v) is 5.58. The van der Waals surface area contributed by atoms with Gasteiger partial charge in [0, 0.05) is 18.5 Å². The molecule has 1 N–H and O–H groups in total. The lowest BCUT2D eigenvalue weighted by Gasteiger charge is -2.07. The van der Waals surface area contributed by atoms with Crippen LogP contribution >= 0.6 is 11.8 Å². The van der Waals surface area contributed by atoms with Crippen LogP contribution in [0.1, 0.15) is 10.4 Å². The average Bonchev–Trinajstić information content (AvgIpc) is 2.26. The molecule has 0 saturated carbocycles. The molecule has 0 unspecified atom stereocenters. The van der Waals surface area contributed by atoms with E-state index in [2.05, 4.69) is 4.98 Å². The highest BCUT2D eigenvalue weighted by Gasteiger charge is 2.27. The van der Waals surface area contributed by atoms with Crippen LogP contribution in [-0.2, 0) is 0 Å². The summed E-state index contributed by atoms with van der Waals surface area (Å²) in [6, 6.07) is 0.935. The van der Waals surface area contributed by atoms with Gasteiger partial charge in [-0.2, -0.15) is 17.6 Å². The monoisotopic (exact) mass is 286 g/mol. The van der Waals surface area contributed by atoms with E-state index in [1.807, 2.05) is 5.32 Å². The van der Waals surface area contributed by atoms with E-state index in [1.54, 1.807) is 0 Å². The third-order valence-corrected chi connectivity index (χ3v) is 2.48. The number of nitrogens with one attached hydrogen (secondary N) is 1. The summed E-state index contributed by atoms with van der Waals surface area (Å²) >= 11 is -0.317. The predicted molar refractivity (Wildman–Crippen MR) is 55.0 cm³/mol. The Bertz CT molecular complexity index is 437. The number of carbonyl (C=O) groups is 1. The van der Waals surface area contributed by atoms with Crippen molar-refractivity contribution in [2.45, 2.75) is 5.51 Å². The van der Waals surface area contributed by atoms with Crippen LogP contribution in [0.15, 0.2) is 12.3 Å². The standard InChI is InChI=1S/C9H7F5N2OS/c10-6-5(1-2-15-7(6)11)8(17)16-3-4-18-9(12,13)14/h1-2H,3-4H2,(H,16,17). The molecule has 1 heterocycles. The zero-order chi connectivity index (χ0) is 13.8. The van der Waals surface area contributed by atoms with E-state index in [9.17, 15) is 26.7 Å². The number of aromatic nitrogens is 1. The summed E-state index contributed by atoms with van der Waals surface area (Å²) in [6.45, 7) is -0.313. The number of hydrogen-bond acceptors (Lipinski definition) is 3. The highest BCUT2D eigenvalue weighted by Crippen LogP contribution is 2.29. The van der Waals surface area contributed by atoms with Crippen LogP contribution in [-0.4, -0.2) is 28.7 Å². The van der Waals surface area contributed by atoms with Crippen molar-refractivity contribution in [2.75, 3.05) is 12.3 Å². The second-order valence-corrected chi connectivity index (χ2v) is 4.17. The Morgan fingerprint density at radius 1 is 1.39 bits per heavy atom. The fourth-order valence-corrected chi connectivity index (χ4v) is 1.46. The molecule has 18 heavy (non-hydrogen) atoms.